The number of amides is 3. The van der Waals surface area contributed by atoms with Crippen molar-refractivity contribution in [1.82, 2.24) is 14.9 Å². The van der Waals surface area contributed by atoms with Gasteiger partial charge in [-0.2, -0.15) is 5.10 Å². The summed E-state index contributed by atoms with van der Waals surface area (Å²) in [5, 5.41) is 6.45. The highest BCUT2D eigenvalue weighted by molar-refractivity contribution is 6.07. The lowest BCUT2D eigenvalue weighted by Crippen LogP contribution is -2.49. The molecule has 3 amide bonds. The molecule has 0 bridgehead atoms. The maximum Gasteiger partial charge on any atom is 0.328 e. The highest BCUT2D eigenvalue weighted by Crippen LogP contribution is 2.23. The van der Waals surface area contributed by atoms with Crippen molar-refractivity contribution in [3.63, 3.8) is 0 Å². The second kappa shape index (κ2) is 4.14. The number of fused-ring (bicyclic) bond motifs is 1. The number of hydrogen-bond acceptors (Lipinski definition) is 3. The summed E-state index contributed by atoms with van der Waals surface area (Å²) in [7, 11) is 0. The first-order valence-corrected chi connectivity index (χ1v) is 5.74. The minimum Gasteiger partial charge on any atom is -0.290 e. The molecule has 0 spiro atoms. The molecule has 2 aromatic heterocycles. The highest BCUT2D eigenvalue weighted by atomic mass is 16.2. The van der Waals surface area contributed by atoms with Crippen LogP contribution in [-0.4, -0.2) is 28.1 Å². The first-order valence-electron chi connectivity index (χ1n) is 5.74. The van der Waals surface area contributed by atoms with Crippen molar-refractivity contribution < 1.29 is 9.59 Å². The first kappa shape index (κ1) is 11.3. The summed E-state index contributed by atoms with van der Waals surface area (Å²) in [6.07, 6.45) is 8.97. The molecule has 0 radical (unpaired) electrons. The van der Waals surface area contributed by atoms with Crippen LogP contribution in [0, 0.1) is 12.3 Å². The summed E-state index contributed by atoms with van der Waals surface area (Å²) in [5.41, 5.74) is 2.09. The van der Waals surface area contributed by atoms with Crippen LogP contribution in [0.15, 0.2) is 24.5 Å². The Kier molecular flexibility index (Phi) is 2.46. The number of pyridine rings is 1. The van der Waals surface area contributed by atoms with Crippen molar-refractivity contribution in [2.75, 3.05) is 11.4 Å². The zero-order valence-corrected chi connectivity index (χ0v) is 9.96. The van der Waals surface area contributed by atoms with Gasteiger partial charge in [0.1, 0.15) is 0 Å². The molecule has 94 valence electrons. The third kappa shape index (κ3) is 1.81. The summed E-state index contributed by atoms with van der Waals surface area (Å²) >= 11 is 0. The second-order valence-electron chi connectivity index (χ2n) is 4.17. The maximum absolute atomic E-state index is 11.8. The fourth-order valence-electron chi connectivity index (χ4n) is 2.06. The molecule has 0 atom stereocenters. The van der Waals surface area contributed by atoms with Gasteiger partial charge in [0.2, 0.25) is 5.91 Å². The number of nitrogens with zero attached hydrogens (tertiary/aromatic N) is 3. The van der Waals surface area contributed by atoms with Crippen LogP contribution in [0.25, 0.3) is 5.52 Å². The molecule has 2 aromatic rings. The Morgan fingerprint density at radius 3 is 3.00 bits per heavy atom. The molecule has 0 unspecified atom stereocenters. The van der Waals surface area contributed by atoms with Gasteiger partial charge < -0.3 is 0 Å². The lowest BCUT2D eigenvalue weighted by Gasteiger charge is -2.25. The van der Waals surface area contributed by atoms with Gasteiger partial charge in [-0.15, -0.1) is 6.42 Å². The summed E-state index contributed by atoms with van der Waals surface area (Å²) in [6.45, 7) is 0.340. The molecule has 3 heterocycles. The molecule has 1 aliphatic heterocycles. The zero-order valence-electron chi connectivity index (χ0n) is 9.96. The van der Waals surface area contributed by atoms with Crippen LogP contribution in [0.5, 0.6) is 0 Å². The minimum atomic E-state index is -0.433. The van der Waals surface area contributed by atoms with Gasteiger partial charge in [-0.3, -0.25) is 15.0 Å². The Bertz CT molecular complexity index is 726. The number of rotatable bonds is 1. The van der Waals surface area contributed by atoms with E-state index in [1.54, 1.807) is 29.0 Å². The van der Waals surface area contributed by atoms with E-state index in [0.717, 1.165) is 5.52 Å². The predicted molar refractivity (Wildman–Crippen MR) is 68.6 cm³/mol. The molecule has 3 rings (SSSR count). The fourth-order valence-corrected chi connectivity index (χ4v) is 2.06. The standard InChI is InChI=1S/C13H10N4O2/c1-2-9-3-6-17-10(7-9)11(8-14-17)16-5-4-12(18)15-13(16)19/h1,3,6-8H,4-5H2,(H,15,18,19). The Balaban J connectivity index is 2.08. The number of terminal acetylenes is 1. The summed E-state index contributed by atoms with van der Waals surface area (Å²) in [4.78, 5) is 24.5. The largest absolute Gasteiger partial charge is 0.328 e. The predicted octanol–water partition coefficient (Wildman–Crippen LogP) is 0.762. The normalized spacial score (nSPS) is 15.4. The van der Waals surface area contributed by atoms with Crippen LogP contribution in [0.2, 0.25) is 0 Å². The molecule has 19 heavy (non-hydrogen) atoms. The minimum absolute atomic E-state index is 0.262. The van der Waals surface area contributed by atoms with Crippen LogP contribution >= 0.6 is 0 Å². The maximum atomic E-state index is 11.8. The van der Waals surface area contributed by atoms with Gasteiger partial charge in [-0.05, 0) is 12.1 Å². The number of carbonyl (C=O) groups excluding carboxylic acids is 2. The van der Waals surface area contributed by atoms with Crippen molar-refractivity contribution in [3.8, 4) is 12.3 Å². The van der Waals surface area contributed by atoms with Gasteiger partial charge in [-0.25, -0.2) is 9.31 Å². The van der Waals surface area contributed by atoms with Crippen molar-refractivity contribution in [1.29, 1.82) is 0 Å². The van der Waals surface area contributed by atoms with Gasteiger partial charge in [0.05, 0.1) is 17.4 Å². The van der Waals surface area contributed by atoms with Gasteiger partial charge in [0, 0.05) is 24.7 Å². The molecule has 0 aliphatic carbocycles. The molecular weight excluding hydrogens is 244 g/mol. The number of nitrogens with one attached hydrogen (secondary N) is 1. The number of imide groups is 1. The smallest absolute Gasteiger partial charge is 0.290 e. The average Bonchev–Trinajstić information content (AvgIpc) is 2.81. The quantitative estimate of drug-likeness (QED) is 0.764. The van der Waals surface area contributed by atoms with Crippen LogP contribution < -0.4 is 10.2 Å². The van der Waals surface area contributed by atoms with Crippen molar-refractivity contribution in [2.45, 2.75) is 6.42 Å². The van der Waals surface area contributed by atoms with E-state index in [0.29, 0.717) is 17.8 Å². The van der Waals surface area contributed by atoms with Crippen LogP contribution in [-0.2, 0) is 4.79 Å². The van der Waals surface area contributed by atoms with Gasteiger partial charge >= 0.3 is 6.03 Å². The number of aromatic nitrogens is 2. The van der Waals surface area contributed by atoms with E-state index >= 15 is 0 Å². The number of anilines is 1. The van der Waals surface area contributed by atoms with E-state index in [1.165, 1.54) is 4.90 Å². The lowest BCUT2D eigenvalue weighted by molar-refractivity contribution is -0.120. The monoisotopic (exact) mass is 254 g/mol. The third-order valence-electron chi connectivity index (χ3n) is 3.01. The highest BCUT2D eigenvalue weighted by Gasteiger charge is 2.26. The van der Waals surface area contributed by atoms with Crippen molar-refractivity contribution in [3.05, 3.63) is 30.1 Å². The number of urea groups is 1. The van der Waals surface area contributed by atoms with Crippen molar-refractivity contribution >= 4 is 23.1 Å². The molecule has 1 fully saturated rings. The SMILES string of the molecule is C#Cc1ccn2ncc(N3CCC(=O)NC3=O)c2c1. The van der Waals surface area contributed by atoms with E-state index < -0.39 is 6.03 Å². The van der Waals surface area contributed by atoms with E-state index in [-0.39, 0.29) is 12.3 Å². The molecule has 1 saturated heterocycles. The van der Waals surface area contributed by atoms with E-state index in [1.807, 2.05) is 0 Å². The average molecular weight is 254 g/mol. The lowest BCUT2D eigenvalue weighted by atomic mass is 10.2. The Labute approximate surface area is 109 Å². The van der Waals surface area contributed by atoms with Crippen LogP contribution in [0.3, 0.4) is 0 Å². The third-order valence-corrected chi connectivity index (χ3v) is 3.01. The zero-order chi connectivity index (χ0) is 13.4. The topological polar surface area (TPSA) is 66.7 Å². The van der Waals surface area contributed by atoms with Crippen LogP contribution in [0.1, 0.15) is 12.0 Å². The molecule has 0 saturated carbocycles. The van der Waals surface area contributed by atoms with Gasteiger partial charge in [0.25, 0.3) is 0 Å². The van der Waals surface area contributed by atoms with Gasteiger partial charge in [0.15, 0.2) is 0 Å². The van der Waals surface area contributed by atoms with Crippen molar-refractivity contribution in [2.24, 2.45) is 0 Å². The number of hydrogen-bond donors (Lipinski definition) is 1. The first-order chi connectivity index (χ1) is 9.19. The Morgan fingerprint density at radius 1 is 1.42 bits per heavy atom. The Morgan fingerprint density at radius 2 is 2.26 bits per heavy atom. The molecule has 1 N–H and O–H groups in total. The second-order valence-corrected chi connectivity index (χ2v) is 4.17. The molecule has 0 aromatic carbocycles. The molecule has 6 nitrogen and oxygen atoms in total. The van der Waals surface area contributed by atoms with E-state index in [2.05, 4.69) is 16.3 Å². The summed E-state index contributed by atoms with van der Waals surface area (Å²) in [6, 6.07) is 3.12. The number of carbonyl (C=O) groups is 2. The van der Waals surface area contributed by atoms with E-state index in [9.17, 15) is 9.59 Å². The fraction of sp³-hybridized carbons (Fsp3) is 0.154. The van der Waals surface area contributed by atoms with Gasteiger partial charge in [-0.1, -0.05) is 5.92 Å². The van der Waals surface area contributed by atoms with Crippen LogP contribution in [0.4, 0.5) is 10.5 Å². The Hall–Kier alpha value is -2.81. The summed E-state index contributed by atoms with van der Waals surface area (Å²) in [5.74, 6) is 2.28. The van der Waals surface area contributed by atoms with E-state index in [4.69, 9.17) is 6.42 Å². The molecular formula is C13H10N4O2. The summed E-state index contributed by atoms with van der Waals surface area (Å²) < 4.78 is 1.64. The molecule has 6 heteroatoms. The molecule has 1 aliphatic rings.